The summed E-state index contributed by atoms with van der Waals surface area (Å²) in [4.78, 5) is 27.6. The zero-order valence-electron chi connectivity index (χ0n) is 12.3. The fourth-order valence-corrected chi connectivity index (χ4v) is 3.02. The number of aliphatic hydroxyl groups is 1. The molecule has 6 nitrogen and oxygen atoms in total. The Bertz CT molecular complexity index is 640. The lowest BCUT2D eigenvalue weighted by Gasteiger charge is -2.45. The number of piperazine rings is 2. The van der Waals surface area contributed by atoms with Gasteiger partial charge in [-0.05, 0) is 17.7 Å². The topological polar surface area (TPSA) is 72.9 Å². The number of hydrogen-bond acceptors (Lipinski definition) is 4. The van der Waals surface area contributed by atoms with Crippen LogP contribution < -0.4 is 5.32 Å². The average Bonchev–Trinajstić information content (AvgIpc) is 2.54. The first kappa shape index (κ1) is 15.8. The Hall–Kier alpha value is -2.06. The molecule has 23 heavy (non-hydrogen) atoms. The summed E-state index contributed by atoms with van der Waals surface area (Å²) in [5.41, 5.74) is 0.605. The number of fused-ring (bicyclic) bond motifs is 1. The second-order valence-corrected chi connectivity index (χ2v) is 5.77. The molecule has 2 saturated heterocycles. The van der Waals surface area contributed by atoms with Crippen molar-refractivity contribution < 1.29 is 23.5 Å². The highest BCUT2D eigenvalue weighted by molar-refractivity contribution is 5.97. The molecular weight excluding hydrogens is 308 g/mol. The summed E-state index contributed by atoms with van der Waals surface area (Å²) in [6.45, 7) is 1.14. The van der Waals surface area contributed by atoms with Crippen molar-refractivity contribution >= 4 is 11.8 Å². The van der Waals surface area contributed by atoms with E-state index in [1.165, 1.54) is 11.0 Å². The van der Waals surface area contributed by atoms with Crippen molar-refractivity contribution in [2.24, 2.45) is 0 Å². The lowest BCUT2D eigenvalue weighted by Crippen LogP contribution is -2.69. The molecule has 2 amide bonds. The SMILES string of the molecule is O=C1N[C@@H](CO)C(=O)N2CCN(Cc3ccc(F)c(F)c3)C[C@H]12. The van der Waals surface area contributed by atoms with Gasteiger partial charge in [0.1, 0.15) is 12.1 Å². The summed E-state index contributed by atoms with van der Waals surface area (Å²) < 4.78 is 26.2. The van der Waals surface area contributed by atoms with Gasteiger partial charge in [0.2, 0.25) is 11.8 Å². The molecule has 8 heteroatoms. The molecule has 1 aromatic rings. The Balaban J connectivity index is 1.69. The van der Waals surface area contributed by atoms with Gasteiger partial charge in [-0.2, -0.15) is 0 Å². The Morgan fingerprint density at radius 1 is 1.22 bits per heavy atom. The van der Waals surface area contributed by atoms with Crippen molar-refractivity contribution in [2.45, 2.75) is 18.6 Å². The second kappa shape index (κ2) is 6.21. The van der Waals surface area contributed by atoms with E-state index in [1.807, 2.05) is 4.90 Å². The highest BCUT2D eigenvalue weighted by atomic mass is 19.2. The van der Waals surface area contributed by atoms with Crippen LogP contribution in [0.15, 0.2) is 18.2 Å². The molecule has 0 unspecified atom stereocenters. The molecule has 1 aromatic carbocycles. The third kappa shape index (κ3) is 3.04. The maximum Gasteiger partial charge on any atom is 0.248 e. The predicted octanol–water partition coefficient (Wildman–Crippen LogP) is -0.532. The van der Waals surface area contributed by atoms with E-state index in [-0.39, 0.29) is 11.8 Å². The number of carbonyl (C=O) groups excluding carboxylic acids is 2. The van der Waals surface area contributed by atoms with Crippen LogP contribution in [0.2, 0.25) is 0 Å². The van der Waals surface area contributed by atoms with Crippen molar-refractivity contribution in [2.75, 3.05) is 26.2 Å². The Morgan fingerprint density at radius 3 is 2.70 bits per heavy atom. The van der Waals surface area contributed by atoms with Crippen LogP contribution in [0.4, 0.5) is 8.78 Å². The Morgan fingerprint density at radius 2 is 2.00 bits per heavy atom. The van der Waals surface area contributed by atoms with Gasteiger partial charge in [-0.1, -0.05) is 6.07 Å². The van der Waals surface area contributed by atoms with E-state index in [4.69, 9.17) is 5.11 Å². The number of benzene rings is 1. The number of nitrogens with zero attached hydrogens (tertiary/aromatic N) is 2. The molecule has 3 rings (SSSR count). The summed E-state index contributed by atoms with van der Waals surface area (Å²) in [6, 6.07) is 2.21. The number of hydrogen-bond donors (Lipinski definition) is 2. The van der Waals surface area contributed by atoms with Gasteiger partial charge in [-0.25, -0.2) is 8.78 Å². The number of aliphatic hydroxyl groups excluding tert-OH is 1. The molecule has 2 aliphatic rings. The molecular formula is C15H17F2N3O3. The van der Waals surface area contributed by atoms with Crippen molar-refractivity contribution in [1.82, 2.24) is 15.1 Å². The van der Waals surface area contributed by atoms with E-state index >= 15 is 0 Å². The average molecular weight is 325 g/mol. The van der Waals surface area contributed by atoms with Gasteiger partial charge in [0.05, 0.1) is 6.61 Å². The van der Waals surface area contributed by atoms with Gasteiger partial charge in [0.15, 0.2) is 11.6 Å². The molecule has 0 spiro atoms. The Kier molecular flexibility index (Phi) is 4.27. The summed E-state index contributed by atoms with van der Waals surface area (Å²) in [5.74, 6) is -2.40. The van der Waals surface area contributed by atoms with Crippen LogP contribution in [0.3, 0.4) is 0 Å². The molecule has 0 aromatic heterocycles. The second-order valence-electron chi connectivity index (χ2n) is 5.77. The smallest absolute Gasteiger partial charge is 0.248 e. The van der Waals surface area contributed by atoms with Crippen LogP contribution >= 0.6 is 0 Å². The monoisotopic (exact) mass is 325 g/mol. The van der Waals surface area contributed by atoms with Crippen LogP contribution in [0.5, 0.6) is 0 Å². The van der Waals surface area contributed by atoms with Gasteiger partial charge in [0, 0.05) is 26.2 Å². The number of halogens is 2. The molecule has 124 valence electrons. The molecule has 2 N–H and O–H groups in total. The summed E-state index contributed by atoms with van der Waals surface area (Å²) in [7, 11) is 0. The van der Waals surface area contributed by atoms with Gasteiger partial charge < -0.3 is 15.3 Å². The van der Waals surface area contributed by atoms with Crippen LogP contribution in [0.1, 0.15) is 5.56 Å². The van der Waals surface area contributed by atoms with Gasteiger partial charge >= 0.3 is 0 Å². The molecule has 0 radical (unpaired) electrons. The normalized spacial score (nSPS) is 25.3. The van der Waals surface area contributed by atoms with E-state index in [2.05, 4.69) is 5.32 Å². The zero-order chi connectivity index (χ0) is 16.6. The quantitative estimate of drug-likeness (QED) is 0.784. The first-order valence-electron chi connectivity index (χ1n) is 7.37. The maximum absolute atomic E-state index is 13.3. The summed E-state index contributed by atoms with van der Waals surface area (Å²) in [6.07, 6.45) is 0. The lowest BCUT2D eigenvalue weighted by atomic mass is 10.0. The van der Waals surface area contributed by atoms with Crippen LogP contribution in [-0.2, 0) is 16.1 Å². The van der Waals surface area contributed by atoms with Crippen molar-refractivity contribution in [3.8, 4) is 0 Å². The van der Waals surface area contributed by atoms with E-state index in [0.29, 0.717) is 31.7 Å². The van der Waals surface area contributed by atoms with Gasteiger partial charge in [-0.3, -0.25) is 14.5 Å². The van der Waals surface area contributed by atoms with Crippen LogP contribution in [0, 0.1) is 11.6 Å². The first-order valence-corrected chi connectivity index (χ1v) is 7.37. The van der Waals surface area contributed by atoms with E-state index in [0.717, 1.165) is 12.1 Å². The van der Waals surface area contributed by atoms with Crippen LogP contribution in [-0.4, -0.2) is 65.0 Å². The predicted molar refractivity (Wildman–Crippen MR) is 76.2 cm³/mol. The minimum Gasteiger partial charge on any atom is -0.394 e. The van der Waals surface area contributed by atoms with E-state index in [9.17, 15) is 18.4 Å². The third-order valence-electron chi connectivity index (χ3n) is 4.24. The number of amides is 2. The standard InChI is InChI=1S/C15H17F2N3O3/c16-10-2-1-9(5-11(10)17)6-19-3-4-20-13(7-19)14(22)18-12(8-21)15(20)23/h1-2,5,12-13,21H,3-4,6-8H2,(H,18,22)/t12-,13+/m0/s1. The molecule has 2 fully saturated rings. The lowest BCUT2D eigenvalue weighted by molar-refractivity contribution is -0.154. The molecule has 0 saturated carbocycles. The zero-order valence-corrected chi connectivity index (χ0v) is 12.3. The van der Waals surface area contributed by atoms with Gasteiger partial charge in [0.25, 0.3) is 0 Å². The Labute approximate surface area is 131 Å². The maximum atomic E-state index is 13.3. The number of rotatable bonds is 3. The van der Waals surface area contributed by atoms with E-state index < -0.39 is 30.3 Å². The molecule has 2 heterocycles. The molecule has 0 bridgehead atoms. The highest BCUT2D eigenvalue weighted by Crippen LogP contribution is 2.18. The van der Waals surface area contributed by atoms with Crippen molar-refractivity contribution in [3.63, 3.8) is 0 Å². The third-order valence-corrected chi connectivity index (χ3v) is 4.24. The fraction of sp³-hybridized carbons (Fsp3) is 0.467. The fourth-order valence-electron chi connectivity index (χ4n) is 3.02. The summed E-state index contributed by atoms with van der Waals surface area (Å²) in [5, 5.41) is 11.6. The first-order chi connectivity index (χ1) is 11.0. The number of carbonyl (C=O) groups is 2. The minimum absolute atomic E-state index is 0.287. The molecule has 2 atom stereocenters. The largest absolute Gasteiger partial charge is 0.394 e. The highest BCUT2D eigenvalue weighted by Gasteiger charge is 2.43. The number of nitrogens with one attached hydrogen (secondary N) is 1. The van der Waals surface area contributed by atoms with Crippen molar-refractivity contribution in [3.05, 3.63) is 35.4 Å². The minimum atomic E-state index is -0.905. The van der Waals surface area contributed by atoms with E-state index in [1.54, 1.807) is 0 Å². The molecule has 2 aliphatic heterocycles. The summed E-state index contributed by atoms with van der Waals surface area (Å²) >= 11 is 0. The van der Waals surface area contributed by atoms with Gasteiger partial charge in [-0.15, -0.1) is 0 Å². The van der Waals surface area contributed by atoms with Crippen LogP contribution in [0.25, 0.3) is 0 Å². The van der Waals surface area contributed by atoms with Crippen molar-refractivity contribution in [1.29, 1.82) is 0 Å². The molecule has 0 aliphatic carbocycles.